The van der Waals surface area contributed by atoms with Crippen molar-refractivity contribution in [3.63, 3.8) is 0 Å². The van der Waals surface area contributed by atoms with E-state index in [2.05, 4.69) is 17.6 Å². The van der Waals surface area contributed by atoms with Crippen molar-refractivity contribution in [3.05, 3.63) is 0 Å². The maximum atomic E-state index is 5.98. The quantitative estimate of drug-likeness (QED) is 0.233. The largest absolute Gasteiger partial charge is 0.378 e. The molecule has 0 atom stereocenters. The number of ether oxygens (including phenoxy) is 1. The first-order valence-corrected chi connectivity index (χ1v) is 10.0. The van der Waals surface area contributed by atoms with Gasteiger partial charge in [-0.2, -0.15) is 0 Å². The maximum Gasteiger partial charge on any atom is 0.191 e. The summed E-state index contributed by atoms with van der Waals surface area (Å²) < 4.78 is 5.98. The number of nitrogens with one attached hydrogen (secondary N) is 2. The fraction of sp³-hybridized carbons (Fsp3) is 0.947. The summed E-state index contributed by atoms with van der Waals surface area (Å²) in [5.74, 6) is 1.01. The van der Waals surface area contributed by atoms with E-state index < -0.39 is 0 Å². The smallest absolute Gasteiger partial charge is 0.191 e. The van der Waals surface area contributed by atoms with Gasteiger partial charge in [-0.3, -0.25) is 4.99 Å². The van der Waals surface area contributed by atoms with Gasteiger partial charge in [0.1, 0.15) is 0 Å². The number of nitrogens with zero attached hydrogens (tertiary/aromatic N) is 1. The van der Waals surface area contributed by atoms with Crippen LogP contribution in [-0.2, 0) is 4.74 Å². The van der Waals surface area contributed by atoms with Crippen LogP contribution in [0.5, 0.6) is 0 Å². The lowest BCUT2D eigenvalue weighted by atomic mass is 9.98. The maximum absolute atomic E-state index is 5.98. The minimum absolute atomic E-state index is 0. The topological polar surface area (TPSA) is 45.7 Å². The van der Waals surface area contributed by atoms with E-state index >= 15 is 0 Å². The van der Waals surface area contributed by atoms with Crippen LogP contribution in [0.25, 0.3) is 0 Å². The summed E-state index contributed by atoms with van der Waals surface area (Å²) >= 11 is 0. The third kappa shape index (κ3) is 9.44. The van der Waals surface area contributed by atoms with Crippen LogP contribution in [0.3, 0.4) is 0 Å². The number of guanidine groups is 1. The Balaban J connectivity index is 0.00000288. The lowest BCUT2D eigenvalue weighted by molar-refractivity contribution is 0.0264. The molecule has 4 nitrogen and oxygen atoms in total. The van der Waals surface area contributed by atoms with Gasteiger partial charge >= 0.3 is 0 Å². The molecule has 2 aliphatic rings. The van der Waals surface area contributed by atoms with Crippen molar-refractivity contribution < 1.29 is 4.74 Å². The van der Waals surface area contributed by atoms with Crippen molar-refractivity contribution in [2.24, 2.45) is 4.99 Å². The second-order valence-corrected chi connectivity index (χ2v) is 7.08. The summed E-state index contributed by atoms with van der Waals surface area (Å²) in [4.78, 5) is 4.72. The van der Waals surface area contributed by atoms with E-state index in [1.807, 2.05) is 0 Å². The predicted octanol–water partition coefficient (Wildman–Crippen LogP) is 4.62. The van der Waals surface area contributed by atoms with Crippen LogP contribution in [0, 0.1) is 0 Å². The standard InChI is InChI=1S/C19H37N3O.HI/c1-2-20-19(22-17-11-7-8-12-17)21-15-9-4-10-16-23-18-13-5-3-6-14-18;/h17-18H,2-16H2,1H3,(H2,20,21,22);1H. The van der Waals surface area contributed by atoms with E-state index in [4.69, 9.17) is 9.73 Å². The summed E-state index contributed by atoms with van der Waals surface area (Å²) in [5, 5.41) is 6.94. The van der Waals surface area contributed by atoms with Crippen molar-refractivity contribution in [3.8, 4) is 0 Å². The lowest BCUT2D eigenvalue weighted by Gasteiger charge is -2.21. The molecule has 24 heavy (non-hydrogen) atoms. The van der Waals surface area contributed by atoms with Gasteiger partial charge in [0.2, 0.25) is 0 Å². The molecule has 0 heterocycles. The highest BCUT2D eigenvalue weighted by Gasteiger charge is 2.15. The Kier molecular flexibility index (Phi) is 13.0. The zero-order chi connectivity index (χ0) is 16.2. The minimum atomic E-state index is 0. The van der Waals surface area contributed by atoms with Gasteiger partial charge in [-0.05, 0) is 51.9 Å². The fourth-order valence-corrected chi connectivity index (χ4v) is 3.65. The molecule has 0 amide bonds. The number of hydrogen-bond donors (Lipinski definition) is 2. The highest BCUT2D eigenvalue weighted by Crippen LogP contribution is 2.20. The highest BCUT2D eigenvalue weighted by molar-refractivity contribution is 14.0. The Morgan fingerprint density at radius 2 is 1.67 bits per heavy atom. The molecule has 2 N–H and O–H groups in total. The first-order chi connectivity index (χ1) is 11.4. The second-order valence-electron chi connectivity index (χ2n) is 7.08. The summed E-state index contributed by atoms with van der Waals surface area (Å²) in [5.41, 5.74) is 0. The Hall–Kier alpha value is -0.0400. The Bertz CT molecular complexity index is 327. The van der Waals surface area contributed by atoms with Crippen LogP contribution in [0.4, 0.5) is 0 Å². The van der Waals surface area contributed by atoms with E-state index in [-0.39, 0.29) is 24.0 Å². The van der Waals surface area contributed by atoms with Gasteiger partial charge in [0.05, 0.1) is 6.10 Å². The number of halogens is 1. The highest BCUT2D eigenvalue weighted by atomic mass is 127. The van der Waals surface area contributed by atoms with Crippen molar-refractivity contribution >= 4 is 29.9 Å². The second kappa shape index (κ2) is 14.2. The molecule has 0 aromatic rings. The molecule has 0 spiro atoms. The van der Waals surface area contributed by atoms with Crippen LogP contribution in [-0.4, -0.2) is 37.8 Å². The summed E-state index contributed by atoms with van der Waals surface area (Å²) in [6, 6.07) is 0.636. The molecule has 0 aromatic heterocycles. The molecule has 5 heteroatoms. The third-order valence-corrected chi connectivity index (χ3v) is 5.02. The molecular weight excluding hydrogens is 413 g/mol. The van der Waals surface area contributed by atoms with Gasteiger partial charge in [0, 0.05) is 25.7 Å². The molecule has 0 bridgehead atoms. The molecule has 2 saturated carbocycles. The van der Waals surface area contributed by atoms with E-state index in [1.165, 1.54) is 70.6 Å². The predicted molar refractivity (Wildman–Crippen MR) is 113 cm³/mol. The van der Waals surface area contributed by atoms with Gasteiger partial charge in [-0.25, -0.2) is 0 Å². The first kappa shape index (κ1) is 22.0. The average molecular weight is 451 g/mol. The van der Waals surface area contributed by atoms with Gasteiger partial charge in [0.25, 0.3) is 0 Å². The molecule has 2 fully saturated rings. The zero-order valence-electron chi connectivity index (χ0n) is 15.5. The lowest BCUT2D eigenvalue weighted by Crippen LogP contribution is -2.42. The number of hydrogen-bond acceptors (Lipinski definition) is 2. The minimum Gasteiger partial charge on any atom is -0.378 e. The van der Waals surface area contributed by atoms with Gasteiger partial charge < -0.3 is 15.4 Å². The molecule has 2 aliphatic carbocycles. The summed E-state index contributed by atoms with van der Waals surface area (Å²) in [6.07, 6.45) is 16.1. The van der Waals surface area contributed by atoms with Crippen LogP contribution in [0.1, 0.15) is 84.0 Å². The van der Waals surface area contributed by atoms with Crippen LogP contribution in [0.2, 0.25) is 0 Å². The molecular formula is C19H38IN3O. The molecule has 0 unspecified atom stereocenters. The van der Waals surface area contributed by atoms with Gasteiger partial charge in [-0.15, -0.1) is 24.0 Å². The monoisotopic (exact) mass is 451 g/mol. The molecule has 0 radical (unpaired) electrons. The molecule has 142 valence electrons. The average Bonchev–Trinajstić information content (AvgIpc) is 3.08. The van der Waals surface area contributed by atoms with E-state index in [0.717, 1.165) is 32.1 Å². The summed E-state index contributed by atoms with van der Waals surface area (Å²) in [7, 11) is 0. The van der Waals surface area contributed by atoms with E-state index in [0.29, 0.717) is 12.1 Å². The Morgan fingerprint density at radius 1 is 0.958 bits per heavy atom. The Morgan fingerprint density at radius 3 is 2.38 bits per heavy atom. The normalized spacial score (nSPS) is 20.0. The van der Waals surface area contributed by atoms with Crippen molar-refractivity contribution in [2.45, 2.75) is 96.1 Å². The number of rotatable bonds is 9. The van der Waals surface area contributed by atoms with Crippen LogP contribution >= 0.6 is 24.0 Å². The first-order valence-electron chi connectivity index (χ1n) is 10.0. The molecule has 0 aromatic carbocycles. The van der Waals surface area contributed by atoms with Crippen molar-refractivity contribution in [2.75, 3.05) is 19.7 Å². The Labute approximate surface area is 166 Å². The fourth-order valence-electron chi connectivity index (χ4n) is 3.65. The van der Waals surface area contributed by atoms with Gasteiger partial charge in [-0.1, -0.05) is 32.1 Å². The SMILES string of the molecule is CCNC(=NCCCCCOC1CCCCC1)NC1CCCC1.I. The molecule has 0 saturated heterocycles. The number of aliphatic imine (C=N–C) groups is 1. The number of unbranched alkanes of at least 4 members (excludes halogenated alkanes) is 2. The summed E-state index contributed by atoms with van der Waals surface area (Å²) in [6.45, 7) is 4.93. The zero-order valence-corrected chi connectivity index (χ0v) is 17.9. The third-order valence-electron chi connectivity index (χ3n) is 5.02. The van der Waals surface area contributed by atoms with E-state index in [1.54, 1.807) is 0 Å². The van der Waals surface area contributed by atoms with Gasteiger partial charge in [0.15, 0.2) is 5.96 Å². The van der Waals surface area contributed by atoms with E-state index in [9.17, 15) is 0 Å². The van der Waals surface area contributed by atoms with Crippen molar-refractivity contribution in [1.82, 2.24) is 10.6 Å². The van der Waals surface area contributed by atoms with Crippen LogP contribution < -0.4 is 10.6 Å². The van der Waals surface area contributed by atoms with Crippen molar-refractivity contribution in [1.29, 1.82) is 0 Å². The molecule has 2 rings (SSSR count). The molecule has 0 aliphatic heterocycles. The van der Waals surface area contributed by atoms with Crippen LogP contribution in [0.15, 0.2) is 4.99 Å².